The van der Waals surface area contributed by atoms with Gasteiger partial charge >= 0.3 is 18.5 Å². The number of alkyl halides is 9. The number of benzene rings is 4. The Morgan fingerprint density at radius 2 is 0.818 bits per heavy atom. The number of non-ortho nitro benzene ring substituents is 4. The highest BCUT2D eigenvalue weighted by Gasteiger charge is 2.38. The van der Waals surface area contributed by atoms with E-state index in [0.717, 1.165) is 46.9 Å². The van der Waals surface area contributed by atoms with Gasteiger partial charge in [-0.05, 0) is 12.1 Å². The molecule has 0 unspecified atom stereocenters. The minimum absolute atomic E-state index is 0.0125. The van der Waals surface area contributed by atoms with E-state index in [1.807, 2.05) is 0 Å². The van der Waals surface area contributed by atoms with Crippen LogP contribution in [0.5, 0.6) is 0 Å². The van der Waals surface area contributed by atoms with E-state index in [1.54, 1.807) is 0 Å². The zero-order valence-electron chi connectivity index (χ0n) is 30.2. The number of nitrogens with zero attached hydrogens (tertiary/aromatic N) is 4. The van der Waals surface area contributed by atoms with Crippen LogP contribution in [0.4, 0.5) is 66.7 Å². The number of fused-ring (bicyclic) bond motifs is 4. The molecular weight excluding hydrogens is 1100 g/mol. The topological polar surface area (TPSA) is 241 Å². The Morgan fingerprint density at radius 1 is 0.424 bits per heavy atom. The zero-order chi connectivity index (χ0) is 49.5. The molecule has 348 valence electrons. The first-order valence-corrected chi connectivity index (χ1v) is 22.7. The van der Waals surface area contributed by atoms with Crippen LogP contribution in [0.3, 0.4) is 0 Å². The number of rotatable bonds is 4. The molecule has 4 aromatic heterocycles. The van der Waals surface area contributed by atoms with Crippen LogP contribution in [0.15, 0.2) is 61.6 Å². The summed E-state index contributed by atoms with van der Waals surface area (Å²) in [7, 11) is 0. The molecule has 0 radical (unpaired) electrons. The molecule has 0 fully saturated rings. The molecule has 0 bridgehead atoms. The van der Waals surface area contributed by atoms with Gasteiger partial charge in [0.1, 0.15) is 19.9 Å². The normalized spacial score (nSPS) is 11.7. The van der Waals surface area contributed by atoms with E-state index in [0.29, 0.717) is 90.9 Å². The van der Waals surface area contributed by atoms with Gasteiger partial charge in [-0.25, -0.2) is 4.39 Å². The molecule has 0 saturated heterocycles. The van der Waals surface area contributed by atoms with Gasteiger partial charge in [0.15, 0.2) is 0 Å². The van der Waals surface area contributed by atoms with Crippen LogP contribution >= 0.6 is 102 Å². The second kappa shape index (κ2) is 19.4. The highest BCUT2D eigenvalue weighted by molar-refractivity contribution is 7.37. The largest absolute Gasteiger partial charge is 0.418 e. The summed E-state index contributed by atoms with van der Waals surface area (Å²) in [6.45, 7) is 0. The summed E-state index contributed by atoms with van der Waals surface area (Å²) >= 11 is 10.3. The molecule has 16 nitrogen and oxygen atoms in total. The van der Waals surface area contributed by atoms with Crippen LogP contribution < -0.4 is 16.2 Å². The van der Waals surface area contributed by atoms with E-state index in [1.165, 1.54) is 0 Å². The van der Waals surface area contributed by atoms with Gasteiger partial charge in [-0.2, -0.15) is 39.5 Å². The quantitative estimate of drug-likeness (QED) is 0.0908. The van der Waals surface area contributed by atoms with Gasteiger partial charge in [-0.15, -0.1) is 0 Å². The number of nitro groups is 4. The molecule has 35 heteroatoms. The van der Waals surface area contributed by atoms with Crippen molar-refractivity contribution >= 4 is 163 Å². The molecular formula is C31H7ClF10N4O12S8. The Kier molecular flexibility index (Phi) is 15.1. The van der Waals surface area contributed by atoms with Gasteiger partial charge in [0, 0.05) is 24.3 Å². The first kappa shape index (κ1) is 51.5. The van der Waals surface area contributed by atoms with Crippen LogP contribution in [0.1, 0.15) is 16.7 Å². The van der Waals surface area contributed by atoms with Crippen molar-refractivity contribution in [3.8, 4) is 0 Å². The van der Waals surface area contributed by atoms with Crippen LogP contribution in [-0.2, 0) is 18.5 Å². The molecule has 0 aliphatic rings. The number of nitro benzene ring substituents is 4. The number of hydrogen-bond acceptors (Lipinski definition) is 20. The lowest BCUT2D eigenvalue weighted by molar-refractivity contribution is -0.385. The lowest BCUT2D eigenvalue weighted by Gasteiger charge is -2.08. The van der Waals surface area contributed by atoms with Crippen molar-refractivity contribution < 1.29 is 63.6 Å². The minimum Gasteiger partial charge on any atom is -0.265 e. The van der Waals surface area contributed by atoms with Crippen LogP contribution in [0.25, 0.3) is 37.6 Å². The molecule has 8 rings (SSSR count). The lowest BCUT2D eigenvalue weighted by atomic mass is 10.2. The third-order valence-corrected chi connectivity index (χ3v) is 16.6. The first-order valence-electron chi connectivity index (χ1n) is 15.8. The van der Waals surface area contributed by atoms with E-state index in [4.69, 9.17) is 11.6 Å². The van der Waals surface area contributed by atoms with Crippen LogP contribution in [-0.4, -0.2) is 19.7 Å². The number of hydrogen-bond donors (Lipinski definition) is 0. The minimum atomic E-state index is -4.81. The van der Waals surface area contributed by atoms with Crippen molar-refractivity contribution in [1.29, 1.82) is 0 Å². The van der Waals surface area contributed by atoms with Crippen molar-refractivity contribution in [2.75, 3.05) is 0 Å². The van der Waals surface area contributed by atoms with Crippen molar-refractivity contribution in [2.45, 2.75) is 18.5 Å². The third kappa shape index (κ3) is 11.7. The SMILES string of the molecule is O=c1sc2c([N+](=O)[O-])cc(C(F)(F)F)c(Cl)c2s1.O=c1sc2cc(C(F)(F)F)cc([N+](=O)[O-])c2s1.O=c1sc2cc(F)cc([N+](=O)[O-])c2s1.O=c1sc2cc([N+](=O)[O-])cc(C(F)(F)F)c2s1. The van der Waals surface area contributed by atoms with Gasteiger partial charge in [0.2, 0.25) is 0 Å². The predicted molar refractivity (Wildman–Crippen MR) is 230 cm³/mol. The second-order valence-corrected chi connectivity index (χ2v) is 21.0. The van der Waals surface area contributed by atoms with Crippen molar-refractivity contribution in [2.24, 2.45) is 0 Å². The second-order valence-electron chi connectivity index (χ2n) is 11.6. The summed E-state index contributed by atoms with van der Waals surface area (Å²) in [5.74, 6) is -0.696. The number of halogens is 11. The van der Waals surface area contributed by atoms with Gasteiger partial charge in [-0.1, -0.05) is 102 Å². The molecule has 4 aromatic carbocycles. The van der Waals surface area contributed by atoms with Gasteiger partial charge in [0.05, 0.1) is 71.0 Å². The van der Waals surface area contributed by atoms with Crippen molar-refractivity contribution in [3.63, 3.8) is 0 Å². The maximum atomic E-state index is 12.9. The van der Waals surface area contributed by atoms with Gasteiger partial charge in [0.25, 0.3) is 39.0 Å². The molecule has 0 atom stereocenters. The highest BCUT2D eigenvalue weighted by Crippen LogP contribution is 2.45. The molecule has 4 heterocycles. The third-order valence-electron chi connectivity index (χ3n) is 7.48. The van der Waals surface area contributed by atoms with Crippen LogP contribution in [0, 0.1) is 46.3 Å². The van der Waals surface area contributed by atoms with E-state index < -0.39 is 95.0 Å². The van der Waals surface area contributed by atoms with Crippen molar-refractivity contribution in [1.82, 2.24) is 0 Å². The molecule has 66 heavy (non-hydrogen) atoms. The fraction of sp³-hybridized carbons (Fsp3) is 0.0968. The fourth-order valence-electron chi connectivity index (χ4n) is 4.92. The van der Waals surface area contributed by atoms with Crippen molar-refractivity contribution in [3.05, 3.63) is 146 Å². The highest BCUT2D eigenvalue weighted by atomic mass is 35.5. The average Bonchev–Trinajstić information content (AvgIpc) is 3.96. The summed E-state index contributed by atoms with van der Waals surface area (Å²) in [6, 6.07) is 4.94. The van der Waals surface area contributed by atoms with Gasteiger partial charge < -0.3 is 0 Å². The lowest BCUT2D eigenvalue weighted by Crippen LogP contribution is -2.06. The average molecular weight is 1110 g/mol. The predicted octanol–water partition coefficient (Wildman–Crippen LogP) is 12.8. The molecule has 0 spiro atoms. The molecule has 0 N–H and O–H groups in total. The summed E-state index contributed by atoms with van der Waals surface area (Å²) in [5.41, 5.74) is -6.02. The summed E-state index contributed by atoms with van der Waals surface area (Å²) in [6.07, 6.45) is -14.2. The van der Waals surface area contributed by atoms with E-state index in [9.17, 15) is 104 Å². The van der Waals surface area contributed by atoms with E-state index in [-0.39, 0.29) is 42.6 Å². The monoisotopic (exact) mass is 1110 g/mol. The molecule has 8 aromatic rings. The maximum Gasteiger partial charge on any atom is 0.418 e. The Morgan fingerprint density at radius 3 is 1.27 bits per heavy atom. The summed E-state index contributed by atoms with van der Waals surface area (Å²) in [5, 5.41) is 41.7. The molecule has 0 saturated carbocycles. The Bertz CT molecular complexity index is 3510. The zero-order valence-corrected chi connectivity index (χ0v) is 37.4. The maximum absolute atomic E-state index is 12.9. The summed E-state index contributed by atoms with van der Waals surface area (Å²) in [4.78, 5) is 83.1. The summed E-state index contributed by atoms with van der Waals surface area (Å²) < 4.78 is 124. The standard InChI is InChI=1S/C8HClF3NO3S2.2C8H2F3NO3S2.C7H2FNO3S2/c9-4-2(8(10,11)12)1-3(13(15)16)5-6(4)18-7(14)17-5;9-8(10,11)4-1-3(12(14)15)2-5-6(4)17-7(13)16-5;9-8(10,11)3-1-4(12(14)15)6-5(2-3)16-7(13)17-6;8-3-1-4(9(11)12)6-5(2-3)13-7(10)14-6/h1H;2*1-2H;1-2H. The molecule has 0 amide bonds. The Hall–Kier alpha value is -5.49. The van der Waals surface area contributed by atoms with Crippen LogP contribution in [0.2, 0.25) is 5.02 Å². The molecule has 0 aliphatic carbocycles. The fourth-order valence-corrected chi connectivity index (χ4v) is 13.7. The van der Waals surface area contributed by atoms with E-state index >= 15 is 0 Å². The first-order chi connectivity index (χ1) is 30.4. The van der Waals surface area contributed by atoms with Gasteiger partial charge in [-0.3, -0.25) is 59.6 Å². The molecule has 0 aliphatic heterocycles. The Labute approximate surface area is 388 Å². The van der Waals surface area contributed by atoms with E-state index in [2.05, 4.69) is 0 Å². The smallest absolute Gasteiger partial charge is 0.265 e. The Balaban J connectivity index is 0.000000166.